The lowest BCUT2D eigenvalue weighted by Gasteiger charge is -2.15. The van der Waals surface area contributed by atoms with E-state index in [2.05, 4.69) is 26.6 Å². The number of halogens is 2. The summed E-state index contributed by atoms with van der Waals surface area (Å²) in [5, 5.41) is 5.58. The van der Waals surface area contributed by atoms with Crippen LogP contribution in [0.15, 0.2) is 22.7 Å². The lowest BCUT2D eigenvalue weighted by atomic mass is 10.3. The monoisotopic (exact) mass is 359 g/mol. The molecule has 5 nitrogen and oxygen atoms in total. The Morgan fingerprint density at radius 3 is 2.65 bits per heavy atom. The van der Waals surface area contributed by atoms with Gasteiger partial charge in [-0.05, 0) is 31.0 Å². The SMILES string of the molecule is O=C(NCC(=O)N1CCCC1)Nc1ccc(Br)cc1Cl. The Balaban J connectivity index is 1.81. The average molecular weight is 361 g/mol. The molecule has 20 heavy (non-hydrogen) atoms. The van der Waals surface area contributed by atoms with E-state index in [0.717, 1.165) is 30.4 Å². The minimum absolute atomic E-state index is 0.0000194. The molecule has 1 aromatic carbocycles. The van der Waals surface area contributed by atoms with E-state index in [9.17, 15) is 9.59 Å². The highest BCUT2D eigenvalue weighted by molar-refractivity contribution is 9.10. The molecule has 0 bridgehead atoms. The molecule has 1 aromatic rings. The Bertz CT molecular complexity index is 518. The Labute approximate surface area is 130 Å². The van der Waals surface area contributed by atoms with Crippen molar-refractivity contribution in [2.24, 2.45) is 0 Å². The highest BCUT2D eigenvalue weighted by Gasteiger charge is 2.18. The number of carbonyl (C=O) groups is 2. The molecule has 0 radical (unpaired) electrons. The van der Waals surface area contributed by atoms with Gasteiger partial charge in [-0.3, -0.25) is 4.79 Å². The van der Waals surface area contributed by atoms with Crippen molar-refractivity contribution >= 4 is 45.2 Å². The molecule has 0 aromatic heterocycles. The van der Waals surface area contributed by atoms with Crippen LogP contribution in [0.1, 0.15) is 12.8 Å². The van der Waals surface area contributed by atoms with Crippen LogP contribution in [0, 0.1) is 0 Å². The third-order valence-corrected chi connectivity index (χ3v) is 3.84. The van der Waals surface area contributed by atoms with Gasteiger partial charge in [-0.2, -0.15) is 0 Å². The fourth-order valence-electron chi connectivity index (χ4n) is 1.99. The van der Waals surface area contributed by atoms with Crippen molar-refractivity contribution in [3.63, 3.8) is 0 Å². The van der Waals surface area contributed by atoms with Crippen molar-refractivity contribution in [1.29, 1.82) is 0 Å². The first kappa shape index (κ1) is 15.1. The van der Waals surface area contributed by atoms with Gasteiger partial charge in [0.25, 0.3) is 0 Å². The molecule has 3 amide bonds. The zero-order chi connectivity index (χ0) is 14.5. The summed E-state index contributed by atoms with van der Waals surface area (Å²) in [5.41, 5.74) is 0.501. The van der Waals surface area contributed by atoms with Crippen LogP contribution in [0.2, 0.25) is 5.02 Å². The summed E-state index contributed by atoms with van der Waals surface area (Å²) in [6.45, 7) is 1.56. The summed E-state index contributed by atoms with van der Waals surface area (Å²) in [6.07, 6.45) is 2.07. The maximum Gasteiger partial charge on any atom is 0.319 e. The van der Waals surface area contributed by atoms with E-state index in [4.69, 9.17) is 11.6 Å². The van der Waals surface area contributed by atoms with E-state index >= 15 is 0 Å². The van der Waals surface area contributed by atoms with Crippen molar-refractivity contribution < 1.29 is 9.59 Å². The van der Waals surface area contributed by atoms with Gasteiger partial charge in [0.2, 0.25) is 5.91 Å². The molecule has 1 fully saturated rings. The summed E-state index contributed by atoms with van der Waals surface area (Å²) in [5.74, 6) is -0.0560. The van der Waals surface area contributed by atoms with Gasteiger partial charge >= 0.3 is 6.03 Å². The minimum Gasteiger partial charge on any atom is -0.341 e. The molecular weight excluding hydrogens is 346 g/mol. The first-order chi connectivity index (χ1) is 9.56. The molecule has 1 saturated heterocycles. The standard InChI is InChI=1S/C13H15BrClN3O2/c14-9-3-4-11(10(15)7-9)17-13(20)16-8-12(19)18-5-1-2-6-18/h3-4,7H,1-2,5-6,8H2,(H2,16,17,20). The number of anilines is 1. The molecule has 1 aliphatic rings. The molecule has 1 aliphatic heterocycles. The number of hydrogen-bond donors (Lipinski definition) is 2. The Hall–Kier alpha value is -1.27. The highest BCUT2D eigenvalue weighted by Crippen LogP contribution is 2.25. The van der Waals surface area contributed by atoms with Gasteiger partial charge in [-0.1, -0.05) is 27.5 Å². The van der Waals surface area contributed by atoms with Crippen LogP contribution in [0.4, 0.5) is 10.5 Å². The number of likely N-dealkylation sites (tertiary alicyclic amines) is 1. The number of urea groups is 1. The number of nitrogens with zero attached hydrogens (tertiary/aromatic N) is 1. The van der Waals surface area contributed by atoms with Gasteiger partial charge in [-0.15, -0.1) is 0 Å². The summed E-state index contributed by atoms with van der Waals surface area (Å²) in [6, 6.07) is 4.71. The molecule has 0 unspecified atom stereocenters. The molecule has 1 heterocycles. The number of nitrogens with one attached hydrogen (secondary N) is 2. The van der Waals surface area contributed by atoms with Crippen molar-refractivity contribution in [2.45, 2.75) is 12.8 Å². The predicted octanol–water partition coefficient (Wildman–Crippen LogP) is 2.85. The van der Waals surface area contributed by atoms with Crippen LogP contribution in [0.3, 0.4) is 0 Å². The minimum atomic E-state index is -0.443. The van der Waals surface area contributed by atoms with Crippen LogP contribution in [-0.4, -0.2) is 36.5 Å². The first-order valence-electron chi connectivity index (χ1n) is 6.34. The number of benzene rings is 1. The zero-order valence-corrected chi connectivity index (χ0v) is 13.1. The maximum atomic E-state index is 11.8. The van der Waals surface area contributed by atoms with Gasteiger partial charge in [0, 0.05) is 17.6 Å². The van der Waals surface area contributed by atoms with E-state index < -0.39 is 6.03 Å². The first-order valence-corrected chi connectivity index (χ1v) is 7.51. The molecule has 0 spiro atoms. The quantitative estimate of drug-likeness (QED) is 0.871. The predicted molar refractivity (Wildman–Crippen MR) is 82.0 cm³/mol. The molecule has 0 saturated carbocycles. The fourth-order valence-corrected chi connectivity index (χ4v) is 2.71. The zero-order valence-electron chi connectivity index (χ0n) is 10.8. The van der Waals surface area contributed by atoms with Crippen LogP contribution < -0.4 is 10.6 Å². The van der Waals surface area contributed by atoms with Crippen LogP contribution in [-0.2, 0) is 4.79 Å². The molecule has 0 atom stereocenters. The van der Waals surface area contributed by atoms with E-state index in [-0.39, 0.29) is 12.5 Å². The fraction of sp³-hybridized carbons (Fsp3) is 0.385. The van der Waals surface area contributed by atoms with E-state index in [1.165, 1.54) is 0 Å². The van der Waals surface area contributed by atoms with Gasteiger partial charge < -0.3 is 15.5 Å². The molecular formula is C13H15BrClN3O2. The highest BCUT2D eigenvalue weighted by atomic mass is 79.9. The number of rotatable bonds is 3. The summed E-state index contributed by atoms with van der Waals surface area (Å²) in [7, 11) is 0. The average Bonchev–Trinajstić information content (AvgIpc) is 2.93. The Kier molecular flexibility index (Phi) is 5.25. The van der Waals surface area contributed by atoms with Crippen molar-refractivity contribution in [3.05, 3.63) is 27.7 Å². The molecule has 0 aliphatic carbocycles. The van der Waals surface area contributed by atoms with E-state index in [1.807, 2.05) is 0 Å². The van der Waals surface area contributed by atoms with Gasteiger partial charge in [0.05, 0.1) is 17.3 Å². The maximum absolute atomic E-state index is 11.8. The molecule has 2 rings (SSSR count). The van der Waals surface area contributed by atoms with Gasteiger partial charge in [0.15, 0.2) is 0 Å². The van der Waals surface area contributed by atoms with Crippen LogP contribution in [0.5, 0.6) is 0 Å². The second-order valence-electron chi connectivity index (χ2n) is 4.52. The molecule has 2 N–H and O–H groups in total. The van der Waals surface area contributed by atoms with Crippen molar-refractivity contribution in [3.8, 4) is 0 Å². The topological polar surface area (TPSA) is 61.4 Å². The lowest BCUT2D eigenvalue weighted by Crippen LogP contribution is -2.40. The Morgan fingerprint density at radius 2 is 2.00 bits per heavy atom. The Morgan fingerprint density at radius 1 is 1.30 bits per heavy atom. The number of hydrogen-bond acceptors (Lipinski definition) is 2. The number of amides is 3. The van der Waals surface area contributed by atoms with Crippen LogP contribution in [0.25, 0.3) is 0 Å². The largest absolute Gasteiger partial charge is 0.341 e. The van der Waals surface area contributed by atoms with Gasteiger partial charge in [0.1, 0.15) is 0 Å². The molecule has 7 heteroatoms. The number of carbonyl (C=O) groups excluding carboxylic acids is 2. The van der Waals surface area contributed by atoms with Crippen molar-refractivity contribution in [1.82, 2.24) is 10.2 Å². The normalized spacial score (nSPS) is 14.2. The van der Waals surface area contributed by atoms with Gasteiger partial charge in [-0.25, -0.2) is 4.79 Å². The summed E-state index contributed by atoms with van der Waals surface area (Å²) in [4.78, 5) is 25.2. The summed E-state index contributed by atoms with van der Waals surface area (Å²) < 4.78 is 0.831. The molecule has 108 valence electrons. The second kappa shape index (κ2) is 6.95. The summed E-state index contributed by atoms with van der Waals surface area (Å²) >= 11 is 9.28. The third-order valence-electron chi connectivity index (χ3n) is 3.04. The third kappa shape index (κ3) is 4.11. The van der Waals surface area contributed by atoms with Crippen LogP contribution >= 0.6 is 27.5 Å². The van der Waals surface area contributed by atoms with E-state index in [0.29, 0.717) is 10.7 Å². The lowest BCUT2D eigenvalue weighted by molar-refractivity contribution is -0.128. The smallest absolute Gasteiger partial charge is 0.319 e. The van der Waals surface area contributed by atoms with Crippen molar-refractivity contribution in [2.75, 3.05) is 25.0 Å². The van der Waals surface area contributed by atoms with E-state index in [1.54, 1.807) is 23.1 Å². The second-order valence-corrected chi connectivity index (χ2v) is 5.84.